The number of benzene rings is 1. The topological polar surface area (TPSA) is 42.4 Å². The molecular formula is C17H18N2O2. The van der Waals surface area contributed by atoms with Crippen LogP contribution in [-0.4, -0.2) is 41.9 Å². The molecule has 1 aromatic heterocycles. The van der Waals surface area contributed by atoms with Gasteiger partial charge in [-0.15, -0.1) is 0 Å². The Morgan fingerprint density at radius 2 is 2.10 bits per heavy atom. The Morgan fingerprint density at radius 3 is 2.81 bits per heavy atom. The van der Waals surface area contributed by atoms with Gasteiger partial charge in [-0.25, -0.2) is 4.98 Å². The van der Waals surface area contributed by atoms with E-state index in [1.165, 1.54) is 0 Å². The summed E-state index contributed by atoms with van der Waals surface area (Å²) < 4.78 is 5.93. The molecule has 2 aromatic rings. The summed E-state index contributed by atoms with van der Waals surface area (Å²) in [4.78, 5) is 17.6. The summed E-state index contributed by atoms with van der Waals surface area (Å²) in [6, 6.07) is 13.6. The maximum Gasteiger partial charge on any atom is 0.214 e. The minimum atomic E-state index is 0.194. The van der Waals surface area contributed by atoms with Gasteiger partial charge >= 0.3 is 0 Å². The van der Waals surface area contributed by atoms with Gasteiger partial charge < -0.3 is 4.74 Å². The van der Waals surface area contributed by atoms with Crippen molar-refractivity contribution in [3.63, 3.8) is 0 Å². The smallest absolute Gasteiger partial charge is 0.214 e. The molecule has 0 aliphatic carbocycles. The quantitative estimate of drug-likeness (QED) is 0.809. The van der Waals surface area contributed by atoms with Crippen molar-refractivity contribution in [2.24, 2.45) is 0 Å². The van der Waals surface area contributed by atoms with Crippen LogP contribution in [0.2, 0.25) is 0 Å². The largest absolute Gasteiger partial charge is 0.471 e. The molecule has 1 aliphatic heterocycles. The Labute approximate surface area is 124 Å². The number of likely N-dealkylation sites (N-methyl/N-ethyl adjacent to an activating group) is 1. The first-order chi connectivity index (χ1) is 10.2. The van der Waals surface area contributed by atoms with Crippen molar-refractivity contribution in [1.82, 2.24) is 9.88 Å². The van der Waals surface area contributed by atoms with Gasteiger partial charge in [0.25, 0.3) is 0 Å². The molecule has 2 unspecified atom stereocenters. The average Bonchev–Trinajstić information content (AvgIpc) is 2.54. The number of hydrogen-bond donors (Lipinski definition) is 0. The average molecular weight is 282 g/mol. The number of carbonyl (C=O) groups is 1. The fourth-order valence-corrected chi connectivity index (χ4v) is 2.45. The summed E-state index contributed by atoms with van der Waals surface area (Å²) in [5, 5.41) is 0. The number of carbonyl (C=O) groups excluding carboxylic acids is 1. The van der Waals surface area contributed by atoms with Crippen molar-refractivity contribution >= 4 is 6.29 Å². The second-order valence-corrected chi connectivity index (χ2v) is 5.44. The van der Waals surface area contributed by atoms with Crippen LogP contribution in [0.15, 0.2) is 42.5 Å². The van der Waals surface area contributed by atoms with E-state index in [4.69, 9.17) is 4.74 Å². The maximum atomic E-state index is 10.9. The van der Waals surface area contributed by atoms with Crippen molar-refractivity contribution in [1.29, 1.82) is 0 Å². The zero-order valence-corrected chi connectivity index (χ0v) is 12.2. The van der Waals surface area contributed by atoms with Crippen LogP contribution >= 0.6 is 0 Å². The van der Waals surface area contributed by atoms with Crippen LogP contribution < -0.4 is 4.74 Å². The van der Waals surface area contributed by atoms with Crippen LogP contribution in [0, 0.1) is 0 Å². The fourth-order valence-electron chi connectivity index (χ4n) is 2.45. The molecule has 3 rings (SSSR count). The summed E-state index contributed by atoms with van der Waals surface area (Å²) in [6.07, 6.45) is 1.04. The second kappa shape index (κ2) is 5.66. The summed E-state index contributed by atoms with van der Waals surface area (Å²) in [5.74, 6) is 0.633. The lowest BCUT2D eigenvalue weighted by atomic mass is 10.0. The van der Waals surface area contributed by atoms with Gasteiger partial charge in [-0.05, 0) is 26.1 Å². The lowest BCUT2D eigenvalue weighted by Gasteiger charge is -2.43. The Morgan fingerprint density at radius 1 is 1.29 bits per heavy atom. The second-order valence-electron chi connectivity index (χ2n) is 5.44. The zero-order valence-electron chi connectivity index (χ0n) is 12.2. The molecular weight excluding hydrogens is 264 g/mol. The van der Waals surface area contributed by atoms with Gasteiger partial charge in [-0.1, -0.05) is 24.3 Å². The minimum absolute atomic E-state index is 0.194. The highest BCUT2D eigenvalue weighted by atomic mass is 16.5. The summed E-state index contributed by atoms with van der Waals surface area (Å²) in [7, 11) is 2.08. The van der Waals surface area contributed by atoms with Crippen molar-refractivity contribution < 1.29 is 9.53 Å². The summed E-state index contributed by atoms with van der Waals surface area (Å²) in [5.41, 5.74) is 2.38. The van der Waals surface area contributed by atoms with Crippen LogP contribution in [-0.2, 0) is 0 Å². The molecule has 4 heteroatoms. The monoisotopic (exact) mass is 282 g/mol. The summed E-state index contributed by atoms with van der Waals surface area (Å²) in [6.45, 7) is 3.07. The number of hydrogen-bond acceptors (Lipinski definition) is 4. The van der Waals surface area contributed by atoms with E-state index in [0.29, 0.717) is 17.5 Å². The third-order valence-electron chi connectivity index (χ3n) is 4.02. The third-order valence-corrected chi connectivity index (χ3v) is 4.02. The molecule has 1 saturated heterocycles. The number of likely N-dealkylation sites (tertiary alicyclic amines) is 1. The minimum Gasteiger partial charge on any atom is -0.471 e. The van der Waals surface area contributed by atoms with Gasteiger partial charge in [-0.2, -0.15) is 0 Å². The van der Waals surface area contributed by atoms with Crippen molar-refractivity contribution in [3.05, 3.63) is 48.0 Å². The third kappa shape index (κ3) is 2.81. The zero-order chi connectivity index (χ0) is 14.8. The molecule has 0 N–H and O–H groups in total. The van der Waals surface area contributed by atoms with Crippen LogP contribution in [0.1, 0.15) is 17.3 Å². The molecule has 0 saturated carbocycles. The highest BCUT2D eigenvalue weighted by Gasteiger charge is 2.34. The highest BCUT2D eigenvalue weighted by Crippen LogP contribution is 2.24. The van der Waals surface area contributed by atoms with Crippen LogP contribution in [0.4, 0.5) is 0 Å². The Bertz CT molecular complexity index is 657. The first-order valence-electron chi connectivity index (χ1n) is 7.07. The van der Waals surface area contributed by atoms with Gasteiger partial charge in [0.1, 0.15) is 12.4 Å². The van der Waals surface area contributed by atoms with Crippen LogP contribution in [0.25, 0.3) is 11.3 Å². The van der Waals surface area contributed by atoms with E-state index in [0.717, 1.165) is 24.1 Å². The van der Waals surface area contributed by atoms with E-state index < -0.39 is 0 Å². The molecule has 0 radical (unpaired) electrons. The number of rotatable bonds is 4. The van der Waals surface area contributed by atoms with E-state index in [1.807, 2.05) is 36.4 Å². The first-order valence-corrected chi connectivity index (χ1v) is 7.07. The van der Waals surface area contributed by atoms with Gasteiger partial charge in [0.05, 0.1) is 5.69 Å². The molecule has 1 fully saturated rings. The van der Waals surface area contributed by atoms with E-state index >= 15 is 0 Å². The van der Waals surface area contributed by atoms with Gasteiger partial charge in [0.2, 0.25) is 5.88 Å². The van der Waals surface area contributed by atoms with Crippen molar-refractivity contribution in [3.8, 4) is 17.1 Å². The Kier molecular flexibility index (Phi) is 3.71. The molecule has 4 nitrogen and oxygen atoms in total. The number of aromatic nitrogens is 1. The molecule has 0 amide bonds. The van der Waals surface area contributed by atoms with E-state index in [-0.39, 0.29) is 6.10 Å². The normalized spacial score (nSPS) is 21.6. The van der Waals surface area contributed by atoms with E-state index in [9.17, 15) is 4.79 Å². The van der Waals surface area contributed by atoms with Crippen LogP contribution in [0.5, 0.6) is 5.88 Å². The Balaban J connectivity index is 1.81. The summed E-state index contributed by atoms with van der Waals surface area (Å²) >= 11 is 0. The molecule has 0 spiro atoms. The van der Waals surface area contributed by atoms with E-state index in [2.05, 4.69) is 23.9 Å². The fraction of sp³-hybridized carbons (Fsp3) is 0.294. The SMILES string of the molecule is CC1C(Oc2cccc(-c3cccc(C=O)c3)n2)CN1C. The molecule has 2 heterocycles. The number of aldehydes is 1. The molecule has 108 valence electrons. The predicted molar refractivity (Wildman–Crippen MR) is 81.6 cm³/mol. The number of nitrogens with zero attached hydrogens (tertiary/aromatic N) is 2. The number of pyridine rings is 1. The van der Waals surface area contributed by atoms with E-state index in [1.54, 1.807) is 6.07 Å². The molecule has 21 heavy (non-hydrogen) atoms. The molecule has 0 bridgehead atoms. The Hall–Kier alpha value is -2.20. The van der Waals surface area contributed by atoms with Crippen LogP contribution in [0.3, 0.4) is 0 Å². The highest BCUT2D eigenvalue weighted by molar-refractivity contribution is 5.78. The number of ether oxygens (including phenoxy) is 1. The van der Waals surface area contributed by atoms with Crippen molar-refractivity contribution in [2.75, 3.05) is 13.6 Å². The first kappa shape index (κ1) is 13.8. The van der Waals surface area contributed by atoms with Crippen molar-refractivity contribution in [2.45, 2.75) is 19.1 Å². The molecule has 2 atom stereocenters. The maximum absolute atomic E-state index is 10.9. The standard InChI is InChI=1S/C17H18N2O2/c1-12-16(10-19(12)2)21-17-8-4-7-15(18-17)14-6-3-5-13(9-14)11-20/h3-9,11-12,16H,10H2,1-2H3. The van der Waals surface area contributed by atoms with Gasteiger partial charge in [0.15, 0.2) is 0 Å². The molecule has 1 aromatic carbocycles. The van der Waals surface area contributed by atoms with Gasteiger partial charge in [-0.3, -0.25) is 9.69 Å². The predicted octanol–water partition coefficient (Wildman–Crippen LogP) is 2.64. The molecule has 1 aliphatic rings. The van der Waals surface area contributed by atoms with Gasteiger partial charge in [0, 0.05) is 29.8 Å². The lowest BCUT2D eigenvalue weighted by molar-refractivity contribution is -0.0203. The lowest BCUT2D eigenvalue weighted by Crippen LogP contribution is -2.59.